The van der Waals surface area contributed by atoms with Gasteiger partial charge in [-0.25, -0.2) is 14.6 Å². The fourth-order valence-electron chi connectivity index (χ4n) is 3.85. The monoisotopic (exact) mass is 494 g/mol. The minimum atomic E-state index is -0.771. The van der Waals surface area contributed by atoms with Crippen LogP contribution in [0.15, 0.2) is 52.2 Å². The average Bonchev–Trinajstić information content (AvgIpc) is 3.30. The molecule has 1 amide bonds. The number of thiazole rings is 1. The fraction of sp³-hybridized carbons (Fsp3) is 0.320. The number of benzene rings is 1. The van der Waals surface area contributed by atoms with E-state index < -0.39 is 23.8 Å². The van der Waals surface area contributed by atoms with E-state index in [1.165, 1.54) is 47.1 Å². The number of rotatable bonds is 7. The Hall–Kier alpha value is -3.79. The van der Waals surface area contributed by atoms with E-state index in [4.69, 9.17) is 9.72 Å². The van der Waals surface area contributed by atoms with Gasteiger partial charge in [0.25, 0.3) is 11.5 Å². The Bertz CT molecular complexity index is 1360. The number of amides is 1. The Labute approximate surface area is 205 Å². The number of fused-ring (bicyclic) bond motifs is 1. The van der Waals surface area contributed by atoms with Gasteiger partial charge in [0.1, 0.15) is 0 Å². The van der Waals surface area contributed by atoms with Crippen LogP contribution >= 0.6 is 11.3 Å². The number of anilines is 1. The van der Waals surface area contributed by atoms with E-state index in [0.29, 0.717) is 11.7 Å². The van der Waals surface area contributed by atoms with Gasteiger partial charge in [-0.05, 0) is 37.3 Å². The molecule has 4 rings (SSSR count). The van der Waals surface area contributed by atoms with Gasteiger partial charge in [-0.2, -0.15) is 0 Å². The Balaban J connectivity index is 1.47. The molecule has 2 aromatic heterocycles. The molecule has 0 saturated carbocycles. The zero-order valence-electron chi connectivity index (χ0n) is 19.6. The smallest absolute Gasteiger partial charge is 0.331 e. The standard InChI is InChI=1S/C25H26N4O5S/c1-27-15-18(23(32)28(2)25(27)33)12-13-22(31)34-16-21(30)29(14-17-8-4-3-5-9-17)24-26-19-10-6-7-11-20(19)35-24/h3-5,8-9,12-13,15H,6-7,10-11,14,16H2,1-2H3/b13-12+. The maximum Gasteiger partial charge on any atom is 0.331 e. The summed E-state index contributed by atoms with van der Waals surface area (Å²) in [6.45, 7) is -0.154. The van der Waals surface area contributed by atoms with Crippen molar-refractivity contribution >= 4 is 34.4 Å². The molecule has 182 valence electrons. The number of carbonyl (C=O) groups is 2. The van der Waals surface area contributed by atoms with Crippen molar-refractivity contribution < 1.29 is 14.3 Å². The van der Waals surface area contributed by atoms with E-state index in [1.54, 1.807) is 4.90 Å². The highest BCUT2D eigenvalue weighted by Crippen LogP contribution is 2.32. The molecule has 0 radical (unpaired) electrons. The number of esters is 1. The third-order valence-electron chi connectivity index (χ3n) is 5.76. The molecule has 0 bridgehead atoms. The van der Waals surface area contributed by atoms with Crippen LogP contribution in [0.4, 0.5) is 5.13 Å². The largest absolute Gasteiger partial charge is 0.452 e. The van der Waals surface area contributed by atoms with E-state index in [0.717, 1.165) is 47.6 Å². The van der Waals surface area contributed by atoms with Crippen molar-refractivity contribution in [3.63, 3.8) is 0 Å². The molecule has 0 saturated heterocycles. The summed E-state index contributed by atoms with van der Waals surface area (Å²) in [5.41, 5.74) is 1.13. The summed E-state index contributed by atoms with van der Waals surface area (Å²) in [5.74, 6) is -1.16. The minimum absolute atomic E-state index is 0.150. The summed E-state index contributed by atoms with van der Waals surface area (Å²) in [6, 6.07) is 9.56. The maximum absolute atomic E-state index is 13.1. The summed E-state index contributed by atoms with van der Waals surface area (Å²) in [4.78, 5) is 56.9. The first-order valence-electron chi connectivity index (χ1n) is 11.3. The zero-order valence-corrected chi connectivity index (χ0v) is 20.4. The highest BCUT2D eigenvalue weighted by molar-refractivity contribution is 7.15. The maximum atomic E-state index is 13.1. The van der Waals surface area contributed by atoms with Gasteiger partial charge in [0.2, 0.25) is 0 Å². The van der Waals surface area contributed by atoms with Gasteiger partial charge in [-0.1, -0.05) is 30.3 Å². The molecule has 1 aliphatic carbocycles. The van der Waals surface area contributed by atoms with Crippen LogP contribution in [-0.4, -0.2) is 32.6 Å². The Morgan fingerprint density at radius 2 is 1.89 bits per heavy atom. The van der Waals surface area contributed by atoms with E-state index in [9.17, 15) is 19.2 Å². The summed E-state index contributed by atoms with van der Waals surface area (Å²) >= 11 is 1.51. The number of aryl methyl sites for hydroxylation is 3. The van der Waals surface area contributed by atoms with Crippen molar-refractivity contribution in [2.75, 3.05) is 11.5 Å². The first kappa shape index (κ1) is 24.3. The molecule has 0 aliphatic heterocycles. The van der Waals surface area contributed by atoms with E-state index in [-0.39, 0.29) is 11.5 Å². The van der Waals surface area contributed by atoms with E-state index in [2.05, 4.69) is 0 Å². The SMILES string of the molecule is Cn1cc(/C=C/C(=O)OCC(=O)N(Cc2ccccc2)c2nc3c(s2)CCCC3)c(=O)n(C)c1=O. The van der Waals surface area contributed by atoms with Crippen LogP contribution in [-0.2, 0) is 47.8 Å². The highest BCUT2D eigenvalue weighted by atomic mass is 32.1. The number of hydrogen-bond acceptors (Lipinski definition) is 7. The van der Waals surface area contributed by atoms with Crippen LogP contribution in [0, 0.1) is 0 Å². The molecular weight excluding hydrogens is 468 g/mol. The molecule has 35 heavy (non-hydrogen) atoms. The average molecular weight is 495 g/mol. The molecular formula is C25H26N4O5S. The lowest BCUT2D eigenvalue weighted by Gasteiger charge is -2.20. The summed E-state index contributed by atoms with van der Waals surface area (Å²) in [5, 5.41) is 0.603. The summed E-state index contributed by atoms with van der Waals surface area (Å²) in [6.07, 6.45) is 7.75. The van der Waals surface area contributed by atoms with Crippen molar-refractivity contribution in [1.29, 1.82) is 0 Å². The van der Waals surface area contributed by atoms with Gasteiger partial charge in [-0.15, -0.1) is 11.3 Å². The third-order valence-corrected chi connectivity index (χ3v) is 6.94. The van der Waals surface area contributed by atoms with Gasteiger partial charge in [0, 0.05) is 31.2 Å². The highest BCUT2D eigenvalue weighted by Gasteiger charge is 2.24. The predicted molar refractivity (Wildman–Crippen MR) is 133 cm³/mol. The molecule has 9 nitrogen and oxygen atoms in total. The second-order valence-electron chi connectivity index (χ2n) is 8.32. The van der Waals surface area contributed by atoms with E-state index in [1.807, 2.05) is 30.3 Å². The van der Waals surface area contributed by atoms with Crippen LogP contribution in [0.3, 0.4) is 0 Å². The summed E-state index contributed by atoms with van der Waals surface area (Å²) < 4.78 is 7.36. The molecule has 0 N–H and O–H groups in total. The Kier molecular flexibility index (Phi) is 7.40. The van der Waals surface area contributed by atoms with Crippen LogP contribution in [0.5, 0.6) is 0 Å². The molecule has 10 heteroatoms. The molecule has 1 aromatic carbocycles. The third kappa shape index (κ3) is 5.65. The van der Waals surface area contributed by atoms with Crippen LogP contribution in [0.1, 0.15) is 34.5 Å². The van der Waals surface area contributed by atoms with Gasteiger partial charge >= 0.3 is 11.7 Å². The molecule has 0 atom stereocenters. The predicted octanol–water partition coefficient (Wildman–Crippen LogP) is 2.21. The van der Waals surface area contributed by atoms with Crippen molar-refractivity contribution in [3.8, 4) is 0 Å². The molecule has 3 aromatic rings. The molecule has 0 fully saturated rings. The molecule has 2 heterocycles. The van der Waals surface area contributed by atoms with Gasteiger partial charge < -0.3 is 9.30 Å². The number of hydrogen-bond donors (Lipinski definition) is 0. The lowest BCUT2D eigenvalue weighted by molar-refractivity contribution is -0.142. The Morgan fingerprint density at radius 3 is 2.63 bits per heavy atom. The normalized spacial score (nSPS) is 13.0. The lowest BCUT2D eigenvalue weighted by Crippen LogP contribution is -2.37. The van der Waals surface area contributed by atoms with Crippen molar-refractivity contribution in [2.24, 2.45) is 14.1 Å². The van der Waals surface area contributed by atoms with Crippen LogP contribution < -0.4 is 16.1 Å². The van der Waals surface area contributed by atoms with Crippen molar-refractivity contribution in [2.45, 2.75) is 32.2 Å². The second-order valence-corrected chi connectivity index (χ2v) is 9.38. The minimum Gasteiger partial charge on any atom is -0.452 e. The van der Waals surface area contributed by atoms with Crippen LogP contribution in [0.2, 0.25) is 0 Å². The second kappa shape index (κ2) is 10.6. The van der Waals surface area contributed by atoms with Crippen molar-refractivity contribution in [1.82, 2.24) is 14.1 Å². The van der Waals surface area contributed by atoms with Gasteiger partial charge in [-0.3, -0.25) is 19.1 Å². The molecule has 0 spiro atoms. The summed E-state index contributed by atoms with van der Waals surface area (Å²) in [7, 11) is 2.87. The molecule has 1 aliphatic rings. The number of aromatic nitrogens is 3. The van der Waals surface area contributed by atoms with Crippen LogP contribution in [0.25, 0.3) is 6.08 Å². The van der Waals surface area contributed by atoms with Crippen molar-refractivity contribution in [3.05, 3.63) is 85.1 Å². The topological polar surface area (TPSA) is 104 Å². The fourth-order valence-corrected chi connectivity index (χ4v) is 5.01. The quantitative estimate of drug-likeness (QED) is 0.369. The number of nitrogens with zero attached hydrogens (tertiary/aromatic N) is 4. The first-order valence-corrected chi connectivity index (χ1v) is 12.1. The lowest BCUT2D eigenvalue weighted by atomic mass is 10.0. The van der Waals surface area contributed by atoms with E-state index >= 15 is 0 Å². The number of ether oxygens (including phenoxy) is 1. The number of carbonyl (C=O) groups excluding carboxylic acids is 2. The Morgan fingerprint density at radius 1 is 1.14 bits per heavy atom. The first-order chi connectivity index (χ1) is 16.8. The zero-order chi connectivity index (χ0) is 24.9. The van der Waals surface area contributed by atoms with Gasteiger partial charge in [0.15, 0.2) is 11.7 Å². The van der Waals surface area contributed by atoms with Gasteiger partial charge in [0.05, 0.1) is 17.8 Å². The molecule has 0 unspecified atom stereocenters.